The van der Waals surface area contributed by atoms with Crippen LogP contribution in [-0.4, -0.2) is 48.1 Å². The van der Waals surface area contributed by atoms with Crippen LogP contribution in [0.2, 0.25) is 0 Å². The number of ether oxygens (including phenoxy) is 2. The summed E-state index contributed by atoms with van der Waals surface area (Å²) in [7, 11) is 1.53. The maximum Gasteiger partial charge on any atom is 0.321 e. The number of benzene rings is 2. The lowest BCUT2D eigenvalue weighted by atomic mass is 10.3. The SMILES string of the molecule is COCCNC(=O)NC(=O)CSc1nnc(Nc2ccc(Oc3ccccc3)cc2)s1. The molecule has 0 aliphatic heterocycles. The first kappa shape index (κ1) is 22.5. The molecule has 9 nitrogen and oxygen atoms in total. The Balaban J connectivity index is 1.43. The van der Waals surface area contributed by atoms with Gasteiger partial charge in [-0.05, 0) is 36.4 Å². The van der Waals surface area contributed by atoms with E-state index in [1.165, 1.54) is 30.2 Å². The normalized spacial score (nSPS) is 10.4. The van der Waals surface area contributed by atoms with Crippen LogP contribution < -0.4 is 20.7 Å². The van der Waals surface area contributed by atoms with Gasteiger partial charge < -0.3 is 20.1 Å². The summed E-state index contributed by atoms with van der Waals surface area (Å²) in [6.07, 6.45) is 0. The zero-order valence-corrected chi connectivity index (χ0v) is 18.3. The highest BCUT2D eigenvalue weighted by molar-refractivity contribution is 8.01. The van der Waals surface area contributed by atoms with Gasteiger partial charge in [0.1, 0.15) is 11.5 Å². The van der Waals surface area contributed by atoms with Gasteiger partial charge in [-0.25, -0.2) is 4.79 Å². The first-order chi connectivity index (χ1) is 15.1. The molecule has 3 rings (SSSR count). The molecule has 3 N–H and O–H groups in total. The van der Waals surface area contributed by atoms with Crippen molar-refractivity contribution in [2.24, 2.45) is 0 Å². The van der Waals surface area contributed by atoms with Gasteiger partial charge in [0.25, 0.3) is 0 Å². The maximum atomic E-state index is 11.8. The molecule has 3 amide bonds. The van der Waals surface area contributed by atoms with Gasteiger partial charge in [0, 0.05) is 19.3 Å². The Morgan fingerprint density at radius 1 is 1.03 bits per heavy atom. The molecule has 0 saturated heterocycles. The minimum Gasteiger partial charge on any atom is -0.457 e. The number of nitrogens with one attached hydrogen (secondary N) is 3. The number of rotatable bonds is 10. The van der Waals surface area contributed by atoms with Gasteiger partial charge in [0.2, 0.25) is 11.0 Å². The van der Waals surface area contributed by atoms with Crippen molar-refractivity contribution >= 4 is 45.9 Å². The lowest BCUT2D eigenvalue weighted by molar-refractivity contribution is -0.117. The van der Waals surface area contributed by atoms with Crippen molar-refractivity contribution in [3.8, 4) is 11.5 Å². The molecule has 0 fully saturated rings. The Bertz CT molecular complexity index is 983. The topological polar surface area (TPSA) is 114 Å². The van der Waals surface area contributed by atoms with E-state index in [4.69, 9.17) is 9.47 Å². The summed E-state index contributed by atoms with van der Waals surface area (Å²) in [5.41, 5.74) is 0.832. The minimum atomic E-state index is -0.554. The Kier molecular flexibility index (Phi) is 8.64. The lowest BCUT2D eigenvalue weighted by Gasteiger charge is -2.07. The molecule has 0 saturated carbocycles. The van der Waals surface area contributed by atoms with Gasteiger partial charge in [-0.1, -0.05) is 41.3 Å². The third kappa shape index (κ3) is 7.89. The summed E-state index contributed by atoms with van der Waals surface area (Å²) < 4.78 is 11.2. The Morgan fingerprint density at radius 2 is 1.77 bits per heavy atom. The predicted molar refractivity (Wildman–Crippen MR) is 120 cm³/mol. The number of amides is 3. The third-order valence-electron chi connectivity index (χ3n) is 3.66. The van der Waals surface area contributed by atoms with Crippen molar-refractivity contribution in [1.82, 2.24) is 20.8 Å². The molecule has 2 aromatic carbocycles. The van der Waals surface area contributed by atoms with Crippen molar-refractivity contribution in [1.29, 1.82) is 0 Å². The summed E-state index contributed by atoms with van der Waals surface area (Å²) in [6, 6.07) is 16.5. The van der Waals surface area contributed by atoms with E-state index in [1.807, 2.05) is 54.6 Å². The summed E-state index contributed by atoms with van der Waals surface area (Å²) in [5.74, 6) is 1.13. The first-order valence-electron chi connectivity index (χ1n) is 9.25. The van der Waals surface area contributed by atoms with E-state index in [-0.39, 0.29) is 5.75 Å². The van der Waals surface area contributed by atoms with Gasteiger partial charge in [0.05, 0.1) is 12.4 Å². The van der Waals surface area contributed by atoms with E-state index in [1.54, 1.807) is 0 Å². The van der Waals surface area contributed by atoms with Crippen LogP contribution in [0.5, 0.6) is 11.5 Å². The van der Waals surface area contributed by atoms with Crippen molar-refractivity contribution < 1.29 is 19.1 Å². The molecule has 0 bridgehead atoms. The predicted octanol–water partition coefficient (Wildman–Crippen LogP) is 3.64. The quantitative estimate of drug-likeness (QED) is 0.311. The number of aromatic nitrogens is 2. The molecule has 0 aliphatic carbocycles. The standard InChI is InChI=1S/C20H21N5O4S2/c1-28-12-11-21-18(27)23-17(26)13-30-20-25-24-19(31-20)22-14-7-9-16(10-8-14)29-15-5-3-2-4-6-15/h2-10H,11-13H2,1H3,(H,22,24)(H2,21,23,26,27). The van der Waals surface area contributed by atoms with E-state index in [0.29, 0.717) is 22.6 Å². The summed E-state index contributed by atoms with van der Waals surface area (Å²) in [6.45, 7) is 0.702. The van der Waals surface area contributed by atoms with Gasteiger partial charge in [-0.15, -0.1) is 10.2 Å². The highest BCUT2D eigenvalue weighted by Gasteiger charge is 2.11. The number of carbonyl (C=O) groups is 2. The smallest absolute Gasteiger partial charge is 0.321 e. The Morgan fingerprint density at radius 3 is 2.52 bits per heavy atom. The number of hydrogen-bond donors (Lipinski definition) is 3. The molecule has 0 aliphatic rings. The molecule has 11 heteroatoms. The average molecular weight is 460 g/mol. The van der Waals surface area contributed by atoms with Crippen LogP contribution in [0, 0.1) is 0 Å². The number of urea groups is 1. The second kappa shape index (κ2) is 11.9. The van der Waals surface area contributed by atoms with Crippen LogP contribution in [0.25, 0.3) is 0 Å². The number of methoxy groups -OCH3 is 1. The second-order valence-electron chi connectivity index (χ2n) is 6.02. The van der Waals surface area contributed by atoms with Crippen molar-refractivity contribution in [3.05, 3.63) is 54.6 Å². The Hall–Kier alpha value is -3.15. The number of carbonyl (C=O) groups excluding carboxylic acids is 2. The van der Waals surface area contributed by atoms with Gasteiger partial charge in [-0.2, -0.15) is 0 Å². The Labute approximate surface area is 187 Å². The van der Waals surface area contributed by atoms with Crippen molar-refractivity contribution in [3.63, 3.8) is 0 Å². The average Bonchev–Trinajstić information content (AvgIpc) is 3.22. The number of para-hydroxylation sites is 1. The van der Waals surface area contributed by atoms with Crippen LogP contribution in [0.3, 0.4) is 0 Å². The van der Waals surface area contributed by atoms with Crippen LogP contribution in [0.1, 0.15) is 0 Å². The zero-order valence-electron chi connectivity index (χ0n) is 16.7. The van der Waals surface area contributed by atoms with Gasteiger partial charge in [0.15, 0.2) is 4.34 Å². The molecule has 0 unspecified atom stereocenters. The number of anilines is 2. The summed E-state index contributed by atoms with van der Waals surface area (Å²) in [5, 5.41) is 16.6. The maximum absolute atomic E-state index is 11.8. The number of imide groups is 1. The van der Waals surface area contributed by atoms with Crippen LogP contribution in [-0.2, 0) is 9.53 Å². The third-order valence-corrected chi connectivity index (χ3v) is 5.63. The molecular formula is C20H21N5O4S2. The molecule has 31 heavy (non-hydrogen) atoms. The molecule has 0 atom stereocenters. The van der Waals surface area contributed by atoms with E-state index >= 15 is 0 Å². The van der Waals surface area contributed by atoms with E-state index < -0.39 is 11.9 Å². The highest BCUT2D eigenvalue weighted by atomic mass is 32.2. The number of thioether (sulfide) groups is 1. The molecule has 3 aromatic rings. The van der Waals surface area contributed by atoms with E-state index in [2.05, 4.69) is 26.1 Å². The second-order valence-corrected chi connectivity index (χ2v) is 8.22. The summed E-state index contributed by atoms with van der Waals surface area (Å²) >= 11 is 2.52. The van der Waals surface area contributed by atoms with E-state index in [0.717, 1.165) is 17.2 Å². The molecule has 1 aromatic heterocycles. The van der Waals surface area contributed by atoms with Crippen LogP contribution in [0.15, 0.2) is 58.9 Å². The molecule has 162 valence electrons. The molecule has 1 heterocycles. The highest BCUT2D eigenvalue weighted by Crippen LogP contribution is 2.29. The number of nitrogens with zero attached hydrogens (tertiary/aromatic N) is 2. The molecular weight excluding hydrogens is 438 g/mol. The van der Waals surface area contributed by atoms with Crippen LogP contribution in [0.4, 0.5) is 15.6 Å². The van der Waals surface area contributed by atoms with Gasteiger partial charge in [-0.3, -0.25) is 10.1 Å². The van der Waals surface area contributed by atoms with Gasteiger partial charge >= 0.3 is 6.03 Å². The fourth-order valence-electron chi connectivity index (χ4n) is 2.27. The zero-order chi connectivity index (χ0) is 21.9. The summed E-state index contributed by atoms with van der Waals surface area (Å²) in [4.78, 5) is 23.3. The monoisotopic (exact) mass is 459 g/mol. The first-order valence-corrected chi connectivity index (χ1v) is 11.1. The van der Waals surface area contributed by atoms with E-state index in [9.17, 15) is 9.59 Å². The van der Waals surface area contributed by atoms with Crippen molar-refractivity contribution in [2.75, 3.05) is 31.3 Å². The van der Waals surface area contributed by atoms with Crippen molar-refractivity contribution in [2.45, 2.75) is 4.34 Å². The largest absolute Gasteiger partial charge is 0.457 e. The lowest BCUT2D eigenvalue weighted by Crippen LogP contribution is -2.41. The minimum absolute atomic E-state index is 0.0534. The molecule has 0 radical (unpaired) electrons. The fraction of sp³-hybridized carbons (Fsp3) is 0.200. The molecule has 0 spiro atoms. The fourth-order valence-corrected chi connectivity index (χ4v) is 3.85. The van der Waals surface area contributed by atoms with Crippen LogP contribution >= 0.6 is 23.1 Å². The number of hydrogen-bond acceptors (Lipinski definition) is 9.